The van der Waals surface area contributed by atoms with Crippen LogP contribution in [0.1, 0.15) is 6.92 Å². The van der Waals surface area contributed by atoms with Crippen molar-refractivity contribution < 1.29 is 4.74 Å². The third kappa shape index (κ3) is 3.25. The molecule has 0 bridgehead atoms. The number of benzene rings is 1. The molecule has 1 aliphatic rings. The maximum absolute atomic E-state index is 5.82. The quantitative estimate of drug-likeness (QED) is 0.695. The Kier molecular flexibility index (Phi) is 4.45. The predicted molar refractivity (Wildman–Crippen MR) is 86.6 cm³/mol. The molecular weight excluding hydrogens is 290 g/mol. The van der Waals surface area contributed by atoms with E-state index in [2.05, 4.69) is 16.8 Å². The van der Waals surface area contributed by atoms with Gasteiger partial charge in [-0.2, -0.15) is 0 Å². The number of morpholine rings is 1. The van der Waals surface area contributed by atoms with Gasteiger partial charge in [0.05, 0.1) is 22.9 Å². The molecule has 1 aromatic heterocycles. The summed E-state index contributed by atoms with van der Waals surface area (Å²) in [7, 11) is 0. The second kappa shape index (κ2) is 6.30. The van der Waals surface area contributed by atoms with Crippen LogP contribution < -0.4 is 5.73 Å². The Bertz CT molecular complexity index is 587. The lowest BCUT2D eigenvalue weighted by atomic mass is 10.3. The summed E-state index contributed by atoms with van der Waals surface area (Å²) in [4.78, 5) is 7.07. The fourth-order valence-corrected chi connectivity index (χ4v) is 4.46. The number of nitrogens with zero attached hydrogens (tertiary/aromatic N) is 2. The van der Waals surface area contributed by atoms with Crippen molar-refractivity contribution in [3.8, 4) is 0 Å². The molecule has 1 unspecified atom stereocenters. The molecule has 108 valence electrons. The highest BCUT2D eigenvalue weighted by Crippen LogP contribution is 2.31. The number of nitrogens with two attached hydrogens (primary N) is 1. The average Bonchev–Trinajstić information content (AvgIpc) is 2.87. The zero-order valence-electron chi connectivity index (χ0n) is 11.5. The highest BCUT2D eigenvalue weighted by molar-refractivity contribution is 8.01. The highest BCUT2D eigenvalue weighted by Gasteiger charge is 2.19. The van der Waals surface area contributed by atoms with Gasteiger partial charge in [-0.1, -0.05) is 18.7 Å². The van der Waals surface area contributed by atoms with Gasteiger partial charge in [0, 0.05) is 24.5 Å². The minimum atomic E-state index is 0.311. The lowest BCUT2D eigenvalue weighted by Crippen LogP contribution is -2.43. The van der Waals surface area contributed by atoms with Gasteiger partial charge in [-0.15, -0.1) is 11.3 Å². The third-order valence-corrected chi connectivity index (χ3v) is 5.75. The van der Waals surface area contributed by atoms with E-state index in [4.69, 9.17) is 10.5 Å². The van der Waals surface area contributed by atoms with Gasteiger partial charge in [0.25, 0.3) is 0 Å². The van der Waals surface area contributed by atoms with E-state index in [1.807, 2.05) is 18.2 Å². The largest absolute Gasteiger partial charge is 0.399 e. The molecule has 6 heteroatoms. The van der Waals surface area contributed by atoms with Gasteiger partial charge < -0.3 is 10.5 Å². The minimum Gasteiger partial charge on any atom is -0.399 e. The molecule has 0 aliphatic carbocycles. The molecule has 2 N–H and O–H groups in total. The molecule has 0 spiro atoms. The molecular formula is C14H19N3OS2. The second-order valence-corrected chi connectivity index (χ2v) is 7.20. The summed E-state index contributed by atoms with van der Waals surface area (Å²) >= 11 is 3.50. The Hall–Kier alpha value is -0.820. The van der Waals surface area contributed by atoms with Crippen LogP contribution in [-0.4, -0.2) is 48.0 Å². The van der Waals surface area contributed by atoms with Crippen molar-refractivity contribution in [1.82, 2.24) is 9.88 Å². The lowest BCUT2D eigenvalue weighted by molar-refractivity contribution is -0.0137. The van der Waals surface area contributed by atoms with E-state index < -0.39 is 0 Å². The third-order valence-electron chi connectivity index (χ3n) is 3.46. The Morgan fingerprint density at radius 1 is 1.55 bits per heavy atom. The standard InChI is InChI=1S/C14H19N3OS2/c1-2-17-5-6-18-11(8-17)9-19-14-16-12-4-3-10(15)7-13(12)20-14/h3-4,7,11H,2,5-6,8-9,15H2,1H3. The topological polar surface area (TPSA) is 51.4 Å². The molecule has 0 radical (unpaired) electrons. The summed E-state index contributed by atoms with van der Waals surface area (Å²) in [6.45, 7) is 6.23. The monoisotopic (exact) mass is 309 g/mol. The van der Waals surface area contributed by atoms with Crippen molar-refractivity contribution in [2.24, 2.45) is 0 Å². The number of anilines is 1. The fraction of sp³-hybridized carbons (Fsp3) is 0.500. The normalized spacial score (nSPS) is 20.6. The summed E-state index contributed by atoms with van der Waals surface area (Å²) in [6, 6.07) is 5.88. The van der Waals surface area contributed by atoms with Crippen LogP contribution in [-0.2, 0) is 4.74 Å². The number of thioether (sulfide) groups is 1. The molecule has 0 saturated carbocycles. The maximum Gasteiger partial charge on any atom is 0.151 e. The van der Waals surface area contributed by atoms with Gasteiger partial charge in [0.1, 0.15) is 0 Å². The summed E-state index contributed by atoms with van der Waals surface area (Å²) < 4.78 is 8.08. The molecule has 1 aromatic carbocycles. The molecule has 2 heterocycles. The zero-order valence-corrected chi connectivity index (χ0v) is 13.2. The van der Waals surface area contributed by atoms with Gasteiger partial charge in [-0.3, -0.25) is 4.90 Å². The predicted octanol–water partition coefficient (Wildman–Crippen LogP) is 2.69. The summed E-state index contributed by atoms with van der Waals surface area (Å²) in [5.74, 6) is 0.964. The van der Waals surface area contributed by atoms with Crippen molar-refractivity contribution in [2.45, 2.75) is 17.4 Å². The van der Waals surface area contributed by atoms with Crippen molar-refractivity contribution in [3.63, 3.8) is 0 Å². The molecule has 0 amide bonds. The molecule has 4 nitrogen and oxygen atoms in total. The van der Waals surface area contributed by atoms with E-state index in [1.165, 1.54) is 0 Å². The van der Waals surface area contributed by atoms with Gasteiger partial charge in [-0.25, -0.2) is 4.98 Å². The van der Waals surface area contributed by atoms with E-state index in [-0.39, 0.29) is 0 Å². The van der Waals surface area contributed by atoms with Crippen LogP contribution >= 0.6 is 23.1 Å². The maximum atomic E-state index is 5.82. The Morgan fingerprint density at radius 3 is 3.30 bits per heavy atom. The van der Waals surface area contributed by atoms with E-state index in [0.29, 0.717) is 6.10 Å². The number of ether oxygens (including phenoxy) is 1. The summed E-state index contributed by atoms with van der Waals surface area (Å²) in [5, 5.41) is 0. The Labute approximate surface area is 127 Å². The molecule has 1 aliphatic heterocycles. The first-order valence-corrected chi connectivity index (χ1v) is 8.67. The molecule has 1 atom stereocenters. The first kappa shape index (κ1) is 14.1. The molecule has 1 fully saturated rings. The fourth-order valence-electron chi connectivity index (χ4n) is 2.31. The molecule has 20 heavy (non-hydrogen) atoms. The molecule has 3 rings (SSSR count). The zero-order chi connectivity index (χ0) is 13.9. The van der Waals surface area contributed by atoms with Crippen LogP contribution in [0.2, 0.25) is 0 Å². The number of aromatic nitrogens is 1. The highest BCUT2D eigenvalue weighted by atomic mass is 32.2. The van der Waals surface area contributed by atoms with Gasteiger partial charge in [0.2, 0.25) is 0 Å². The van der Waals surface area contributed by atoms with E-state index in [1.54, 1.807) is 23.1 Å². The first-order chi connectivity index (χ1) is 9.74. The van der Waals surface area contributed by atoms with E-state index >= 15 is 0 Å². The number of rotatable bonds is 4. The van der Waals surface area contributed by atoms with Crippen LogP contribution in [0.5, 0.6) is 0 Å². The number of nitrogen functional groups attached to an aromatic ring is 1. The molecule has 2 aromatic rings. The number of hydrogen-bond acceptors (Lipinski definition) is 6. The molecule has 1 saturated heterocycles. The SMILES string of the molecule is CCN1CCOC(CSc2nc3ccc(N)cc3s2)C1. The second-order valence-electron chi connectivity index (χ2n) is 4.90. The van der Waals surface area contributed by atoms with Gasteiger partial charge in [0.15, 0.2) is 4.34 Å². The van der Waals surface area contributed by atoms with Crippen LogP contribution in [0, 0.1) is 0 Å². The number of hydrogen-bond donors (Lipinski definition) is 1. The minimum absolute atomic E-state index is 0.311. The Morgan fingerprint density at radius 2 is 2.45 bits per heavy atom. The summed E-state index contributed by atoms with van der Waals surface area (Å²) in [6.07, 6.45) is 0.311. The van der Waals surface area contributed by atoms with E-state index in [9.17, 15) is 0 Å². The van der Waals surface area contributed by atoms with Crippen LogP contribution in [0.3, 0.4) is 0 Å². The summed E-state index contributed by atoms with van der Waals surface area (Å²) in [5.41, 5.74) is 7.63. The number of fused-ring (bicyclic) bond motifs is 1. The van der Waals surface area contributed by atoms with E-state index in [0.717, 1.165) is 52.2 Å². The van der Waals surface area contributed by atoms with Crippen LogP contribution in [0.4, 0.5) is 5.69 Å². The average molecular weight is 309 g/mol. The van der Waals surface area contributed by atoms with Crippen molar-refractivity contribution in [3.05, 3.63) is 18.2 Å². The van der Waals surface area contributed by atoms with Crippen LogP contribution in [0.25, 0.3) is 10.2 Å². The van der Waals surface area contributed by atoms with Crippen molar-refractivity contribution in [1.29, 1.82) is 0 Å². The van der Waals surface area contributed by atoms with Crippen molar-refractivity contribution in [2.75, 3.05) is 37.7 Å². The van der Waals surface area contributed by atoms with Crippen LogP contribution in [0.15, 0.2) is 22.5 Å². The number of thiazole rings is 1. The Balaban J connectivity index is 1.62. The van der Waals surface area contributed by atoms with Gasteiger partial charge >= 0.3 is 0 Å². The number of likely N-dealkylation sites (N-methyl/N-ethyl adjacent to an activating group) is 1. The van der Waals surface area contributed by atoms with Crippen molar-refractivity contribution >= 4 is 39.0 Å². The van der Waals surface area contributed by atoms with Gasteiger partial charge in [-0.05, 0) is 24.7 Å². The lowest BCUT2D eigenvalue weighted by Gasteiger charge is -2.31. The first-order valence-electron chi connectivity index (χ1n) is 6.87. The smallest absolute Gasteiger partial charge is 0.151 e.